The molecule has 1 aromatic heterocycles. The van der Waals surface area contributed by atoms with Crippen molar-refractivity contribution in [1.29, 1.82) is 0 Å². The first-order valence-corrected chi connectivity index (χ1v) is 3.96. The Morgan fingerprint density at radius 1 is 1.75 bits per heavy atom. The van der Waals surface area contributed by atoms with Crippen molar-refractivity contribution < 1.29 is 0 Å². The molecule has 12 heavy (non-hydrogen) atoms. The lowest BCUT2D eigenvalue weighted by molar-refractivity contribution is 0.799. The van der Waals surface area contributed by atoms with E-state index in [0.717, 1.165) is 0 Å². The van der Waals surface area contributed by atoms with Crippen LogP contribution in [0.2, 0.25) is 0 Å². The molecule has 1 rings (SSSR count). The Morgan fingerprint density at radius 2 is 2.42 bits per heavy atom. The first-order chi connectivity index (χ1) is 5.61. The van der Waals surface area contributed by atoms with Gasteiger partial charge in [0.1, 0.15) is 0 Å². The highest BCUT2D eigenvalue weighted by atomic mass is 32.1. The second-order valence-corrected chi connectivity index (χ2v) is 3.11. The summed E-state index contributed by atoms with van der Waals surface area (Å²) < 4.78 is 1.50. The Bertz CT molecular complexity index is 356. The Balaban J connectivity index is 3.09. The van der Waals surface area contributed by atoms with Crippen molar-refractivity contribution in [1.82, 2.24) is 4.57 Å². The van der Waals surface area contributed by atoms with E-state index in [-0.39, 0.29) is 5.56 Å². The molecule has 0 saturated carbocycles. The largest absolute Gasteiger partial charge is 0.392 e. The van der Waals surface area contributed by atoms with Crippen LogP contribution in [0.4, 0.5) is 0 Å². The van der Waals surface area contributed by atoms with Crippen molar-refractivity contribution in [3.63, 3.8) is 0 Å². The van der Waals surface area contributed by atoms with Gasteiger partial charge in [0.2, 0.25) is 0 Å². The molecule has 3 nitrogen and oxygen atoms in total. The minimum absolute atomic E-state index is 0.0368. The zero-order chi connectivity index (χ0) is 9.14. The number of pyridine rings is 1. The molecule has 64 valence electrons. The van der Waals surface area contributed by atoms with E-state index in [1.54, 1.807) is 25.3 Å². The maximum atomic E-state index is 11.4. The van der Waals surface area contributed by atoms with Gasteiger partial charge in [-0.25, -0.2) is 0 Å². The standard InChI is InChI=1S/C8H10N2OS/c1-6-3-2-4-10(8(6)11)5-7(9)12/h2-4H,5H2,1H3,(H2,9,12). The number of aromatic nitrogens is 1. The fourth-order valence-electron chi connectivity index (χ4n) is 0.949. The fourth-order valence-corrected chi connectivity index (χ4v) is 1.09. The van der Waals surface area contributed by atoms with E-state index in [1.165, 1.54) is 4.57 Å². The minimum Gasteiger partial charge on any atom is -0.392 e. The van der Waals surface area contributed by atoms with Gasteiger partial charge in [0, 0.05) is 11.8 Å². The topological polar surface area (TPSA) is 48.0 Å². The first-order valence-electron chi connectivity index (χ1n) is 3.55. The number of hydrogen-bond donors (Lipinski definition) is 1. The average Bonchev–Trinajstić information content (AvgIpc) is 1.98. The summed E-state index contributed by atoms with van der Waals surface area (Å²) in [5.74, 6) is 0. The zero-order valence-electron chi connectivity index (χ0n) is 6.78. The van der Waals surface area contributed by atoms with E-state index < -0.39 is 0 Å². The zero-order valence-corrected chi connectivity index (χ0v) is 7.60. The highest BCUT2D eigenvalue weighted by molar-refractivity contribution is 7.80. The summed E-state index contributed by atoms with van der Waals surface area (Å²) in [5, 5.41) is 0. The summed E-state index contributed by atoms with van der Waals surface area (Å²) in [6, 6.07) is 3.56. The second kappa shape index (κ2) is 3.49. The molecule has 0 amide bonds. The van der Waals surface area contributed by atoms with Crippen LogP contribution < -0.4 is 11.3 Å². The van der Waals surface area contributed by atoms with Crippen LogP contribution in [0, 0.1) is 6.92 Å². The molecule has 0 saturated heterocycles. The van der Waals surface area contributed by atoms with Gasteiger partial charge in [-0.3, -0.25) is 4.79 Å². The van der Waals surface area contributed by atoms with E-state index in [4.69, 9.17) is 18.0 Å². The van der Waals surface area contributed by atoms with Gasteiger partial charge >= 0.3 is 0 Å². The predicted molar refractivity (Wildman–Crippen MR) is 52.2 cm³/mol. The van der Waals surface area contributed by atoms with E-state index in [0.29, 0.717) is 17.1 Å². The molecule has 0 spiro atoms. The second-order valence-electron chi connectivity index (χ2n) is 2.59. The normalized spacial score (nSPS) is 9.75. The lowest BCUT2D eigenvalue weighted by Gasteiger charge is -2.03. The van der Waals surface area contributed by atoms with Gasteiger partial charge in [-0.05, 0) is 13.0 Å². The number of nitrogens with zero attached hydrogens (tertiary/aromatic N) is 1. The monoisotopic (exact) mass is 182 g/mol. The molecule has 2 N–H and O–H groups in total. The molecule has 0 aromatic carbocycles. The van der Waals surface area contributed by atoms with Gasteiger partial charge in [0.25, 0.3) is 5.56 Å². The van der Waals surface area contributed by atoms with E-state index in [2.05, 4.69) is 0 Å². The Hall–Kier alpha value is -1.16. The summed E-state index contributed by atoms with van der Waals surface area (Å²) in [6.07, 6.45) is 1.68. The molecule has 4 heteroatoms. The molecule has 0 bridgehead atoms. The molecule has 0 radical (unpaired) electrons. The summed E-state index contributed by atoms with van der Waals surface area (Å²) in [5.41, 5.74) is 5.98. The Labute approximate surface area is 75.8 Å². The van der Waals surface area contributed by atoms with Gasteiger partial charge in [-0.1, -0.05) is 18.3 Å². The van der Waals surface area contributed by atoms with Crippen molar-refractivity contribution in [2.24, 2.45) is 5.73 Å². The van der Waals surface area contributed by atoms with Gasteiger partial charge in [-0.2, -0.15) is 0 Å². The number of aryl methyl sites for hydroxylation is 1. The molecule has 0 aliphatic rings. The number of rotatable bonds is 2. The third kappa shape index (κ3) is 1.92. The lowest BCUT2D eigenvalue weighted by atomic mass is 10.3. The first kappa shape index (κ1) is 8.93. The molecule has 1 heterocycles. The van der Waals surface area contributed by atoms with Crippen LogP contribution in [-0.2, 0) is 6.54 Å². The maximum Gasteiger partial charge on any atom is 0.253 e. The van der Waals surface area contributed by atoms with Crippen LogP contribution in [0.1, 0.15) is 5.56 Å². The molecule has 0 atom stereocenters. The molecule has 0 fully saturated rings. The highest BCUT2D eigenvalue weighted by Crippen LogP contribution is 1.88. The summed E-state index contributed by atoms with van der Waals surface area (Å²) >= 11 is 4.70. The quantitative estimate of drug-likeness (QED) is 0.675. The predicted octanol–water partition coefficient (Wildman–Crippen LogP) is 0.443. The minimum atomic E-state index is -0.0368. The Kier molecular flexibility index (Phi) is 2.60. The van der Waals surface area contributed by atoms with Gasteiger partial charge in [0.05, 0.1) is 11.5 Å². The van der Waals surface area contributed by atoms with Crippen molar-refractivity contribution in [2.75, 3.05) is 0 Å². The van der Waals surface area contributed by atoms with Gasteiger partial charge in [0.15, 0.2) is 0 Å². The third-order valence-electron chi connectivity index (χ3n) is 1.54. The molecule has 0 unspecified atom stereocenters. The van der Waals surface area contributed by atoms with E-state index >= 15 is 0 Å². The van der Waals surface area contributed by atoms with Crippen LogP contribution in [0.5, 0.6) is 0 Å². The fraction of sp³-hybridized carbons (Fsp3) is 0.250. The highest BCUT2D eigenvalue weighted by Gasteiger charge is 1.98. The summed E-state index contributed by atoms with van der Waals surface area (Å²) in [6.45, 7) is 2.08. The van der Waals surface area contributed by atoms with Crippen LogP contribution in [0.3, 0.4) is 0 Å². The maximum absolute atomic E-state index is 11.4. The number of thiocarbonyl (C=S) groups is 1. The summed E-state index contributed by atoms with van der Waals surface area (Å²) in [7, 11) is 0. The van der Waals surface area contributed by atoms with Crippen LogP contribution >= 0.6 is 12.2 Å². The Morgan fingerprint density at radius 3 is 3.00 bits per heavy atom. The van der Waals surface area contributed by atoms with Crippen molar-refractivity contribution in [2.45, 2.75) is 13.5 Å². The molecular weight excluding hydrogens is 172 g/mol. The van der Waals surface area contributed by atoms with Crippen LogP contribution in [-0.4, -0.2) is 9.56 Å². The third-order valence-corrected chi connectivity index (χ3v) is 1.67. The summed E-state index contributed by atoms with van der Waals surface area (Å²) in [4.78, 5) is 11.7. The van der Waals surface area contributed by atoms with E-state index in [1.807, 2.05) is 0 Å². The average molecular weight is 182 g/mol. The molecule has 0 aliphatic carbocycles. The van der Waals surface area contributed by atoms with Crippen molar-refractivity contribution >= 4 is 17.2 Å². The van der Waals surface area contributed by atoms with Gasteiger partial charge < -0.3 is 10.3 Å². The van der Waals surface area contributed by atoms with Gasteiger partial charge in [-0.15, -0.1) is 0 Å². The van der Waals surface area contributed by atoms with Crippen molar-refractivity contribution in [3.05, 3.63) is 34.2 Å². The molecular formula is C8H10N2OS. The molecule has 1 aromatic rings. The number of nitrogens with two attached hydrogens (primary N) is 1. The molecule has 0 aliphatic heterocycles. The van der Waals surface area contributed by atoms with Crippen LogP contribution in [0.25, 0.3) is 0 Å². The number of hydrogen-bond acceptors (Lipinski definition) is 2. The SMILES string of the molecule is Cc1cccn(CC(N)=S)c1=O. The lowest BCUT2D eigenvalue weighted by Crippen LogP contribution is -2.27. The van der Waals surface area contributed by atoms with E-state index in [9.17, 15) is 4.79 Å². The van der Waals surface area contributed by atoms with Crippen LogP contribution in [0.15, 0.2) is 23.1 Å². The smallest absolute Gasteiger partial charge is 0.253 e. The van der Waals surface area contributed by atoms with Crippen molar-refractivity contribution in [3.8, 4) is 0 Å².